The average molecular weight is 520 g/mol. The minimum atomic E-state index is -3.80. The van der Waals surface area contributed by atoms with Gasteiger partial charge in [0.1, 0.15) is 6.54 Å². The Morgan fingerprint density at radius 2 is 1.47 bits per heavy atom. The Kier molecular flexibility index (Phi) is 7.41. The number of carbonyl (C=O) groups excluding carboxylic acids is 1. The summed E-state index contributed by atoms with van der Waals surface area (Å²) in [7, 11) is -7.46. The number of carbonyl (C=O) groups is 1. The van der Waals surface area contributed by atoms with Crippen LogP contribution in [0.15, 0.2) is 47.4 Å². The number of rotatable bonds is 6. The predicted octanol–water partition coefficient (Wildman–Crippen LogP) is 2.60. The number of amides is 1. The monoisotopic (exact) mass is 519 g/mol. The molecule has 1 saturated heterocycles. The second kappa shape index (κ2) is 9.56. The van der Waals surface area contributed by atoms with Crippen molar-refractivity contribution in [2.45, 2.75) is 11.8 Å². The van der Waals surface area contributed by atoms with Crippen LogP contribution in [0, 0.1) is 6.92 Å². The van der Waals surface area contributed by atoms with Crippen molar-refractivity contribution in [2.24, 2.45) is 0 Å². The fourth-order valence-electron chi connectivity index (χ4n) is 3.34. The lowest BCUT2D eigenvalue weighted by molar-refractivity contribution is -0.130. The van der Waals surface area contributed by atoms with Gasteiger partial charge in [0.15, 0.2) is 0 Å². The number of halogens is 2. The van der Waals surface area contributed by atoms with E-state index in [1.54, 1.807) is 24.3 Å². The van der Waals surface area contributed by atoms with Gasteiger partial charge in [0.2, 0.25) is 26.0 Å². The number of anilines is 1. The van der Waals surface area contributed by atoms with Crippen LogP contribution in [0.2, 0.25) is 10.0 Å². The Morgan fingerprint density at radius 1 is 0.938 bits per heavy atom. The topological polar surface area (TPSA) is 95.1 Å². The van der Waals surface area contributed by atoms with Crippen LogP contribution < -0.4 is 4.31 Å². The quantitative estimate of drug-likeness (QED) is 0.584. The van der Waals surface area contributed by atoms with Gasteiger partial charge in [-0.3, -0.25) is 9.10 Å². The lowest BCUT2D eigenvalue weighted by Crippen LogP contribution is -2.53. The maximum absolute atomic E-state index is 12.8. The van der Waals surface area contributed by atoms with Crippen LogP contribution in [0.4, 0.5) is 5.69 Å². The van der Waals surface area contributed by atoms with Gasteiger partial charge < -0.3 is 4.90 Å². The van der Waals surface area contributed by atoms with E-state index in [9.17, 15) is 21.6 Å². The van der Waals surface area contributed by atoms with E-state index in [0.29, 0.717) is 0 Å². The normalized spacial score (nSPS) is 15.6. The molecule has 0 aromatic heterocycles. The molecule has 0 spiro atoms. The fraction of sp³-hybridized carbons (Fsp3) is 0.350. The highest BCUT2D eigenvalue weighted by Crippen LogP contribution is 2.27. The zero-order chi connectivity index (χ0) is 23.7. The Morgan fingerprint density at radius 3 is 1.97 bits per heavy atom. The van der Waals surface area contributed by atoms with E-state index >= 15 is 0 Å². The summed E-state index contributed by atoms with van der Waals surface area (Å²) in [6.45, 7) is 1.96. The van der Waals surface area contributed by atoms with E-state index in [0.717, 1.165) is 16.1 Å². The van der Waals surface area contributed by atoms with Crippen molar-refractivity contribution < 1.29 is 21.6 Å². The maximum atomic E-state index is 12.8. The first-order valence-electron chi connectivity index (χ1n) is 9.66. The number of piperazine rings is 1. The summed E-state index contributed by atoms with van der Waals surface area (Å²) in [5.74, 6) is -0.445. The summed E-state index contributed by atoms with van der Waals surface area (Å²) in [5, 5.41) is 0.479. The summed E-state index contributed by atoms with van der Waals surface area (Å²) >= 11 is 12.0. The molecule has 174 valence electrons. The smallest absolute Gasteiger partial charge is 0.243 e. The number of hydrogen-bond acceptors (Lipinski definition) is 5. The number of sulfonamides is 2. The molecular weight excluding hydrogens is 497 g/mol. The number of nitrogens with zero attached hydrogens (tertiary/aromatic N) is 3. The molecule has 1 aliphatic heterocycles. The van der Waals surface area contributed by atoms with Gasteiger partial charge in [-0.15, -0.1) is 0 Å². The minimum Gasteiger partial charge on any atom is -0.338 e. The molecular formula is C20H23Cl2N3O5S2. The highest BCUT2D eigenvalue weighted by atomic mass is 35.5. The van der Waals surface area contributed by atoms with Crippen molar-refractivity contribution in [1.82, 2.24) is 9.21 Å². The van der Waals surface area contributed by atoms with E-state index in [-0.39, 0.29) is 46.8 Å². The van der Waals surface area contributed by atoms with Gasteiger partial charge in [0.25, 0.3) is 0 Å². The minimum absolute atomic E-state index is 0.115. The molecule has 2 aromatic rings. The summed E-state index contributed by atoms with van der Waals surface area (Å²) in [5.41, 5.74) is 1.13. The molecule has 8 nitrogen and oxygen atoms in total. The third-order valence-corrected chi connectivity index (χ3v) is 8.55. The van der Waals surface area contributed by atoms with Crippen LogP contribution in [0.1, 0.15) is 5.56 Å². The third kappa shape index (κ3) is 5.74. The molecule has 0 atom stereocenters. The van der Waals surface area contributed by atoms with Gasteiger partial charge in [-0.1, -0.05) is 40.9 Å². The van der Waals surface area contributed by atoms with E-state index in [2.05, 4.69) is 0 Å². The molecule has 32 heavy (non-hydrogen) atoms. The molecule has 12 heteroatoms. The Bertz CT molecular complexity index is 1190. The van der Waals surface area contributed by atoms with Gasteiger partial charge >= 0.3 is 0 Å². The van der Waals surface area contributed by atoms with Crippen molar-refractivity contribution in [1.29, 1.82) is 0 Å². The Labute approximate surface area is 198 Å². The molecule has 3 rings (SSSR count). The zero-order valence-corrected chi connectivity index (χ0v) is 20.7. The van der Waals surface area contributed by atoms with Crippen molar-refractivity contribution in [3.8, 4) is 0 Å². The summed E-state index contributed by atoms with van der Waals surface area (Å²) in [6, 6.07) is 10.9. The molecule has 1 heterocycles. The number of benzene rings is 2. The molecule has 0 bridgehead atoms. The molecule has 1 fully saturated rings. The van der Waals surface area contributed by atoms with E-state index in [1.807, 2.05) is 6.92 Å². The van der Waals surface area contributed by atoms with E-state index < -0.39 is 32.5 Å². The molecule has 0 N–H and O–H groups in total. The lowest BCUT2D eigenvalue weighted by atomic mass is 10.2. The van der Waals surface area contributed by atoms with Crippen LogP contribution in [0.25, 0.3) is 0 Å². The SMILES string of the molecule is Cc1ccc(S(=O)(=O)N2CCN(C(=O)CN(c3cc(Cl)cc(Cl)c3)S(C)(=O)=O)CC2)cc1. The van der Waals surface area contributed by atoms with Gasteiger partial charge in [-0.2, -0.15) is 4.31 Å². The first kappa shape index (κ1) is 24.8. The van der Waals surface area contributed by atoms with Crippen molar-refractivity contribution in [2.75, 3.05) is 43.3 Å². The summed E-state index contributed by atoms with van der Waals surface area (Å²) in [4.78, 5) is 14.5. The molecule has 2 aromatic carbocycles. The highest BCUT2D eigenvalue weighted by Gasteiger charge is 2.31. The third-order valence-electron chi connectivity index (χ3n) is 5.06. The van der Waals surface area contributed by atoms with Crippen molar-refractivity contribution >= 4 is 54.8 Å². The number of aryl methyl sites for hydroxylation is 1. The second-order valence-electron chi connectivity index (χ2n) is 7.50. The highest BCUT2D eigenvalue weighted by molar-refractivity contribution is 7.92. The molecule has 0 radical (unpaired) electrons. The molecule has 1 amide bonds. The first-order valence-corrected chi connectivity index (χ1v) is 13.7. The average Bonchev–Trinajstić information content (AvgIpc) is 2.70. The van der Waals surface area contributed by atoms with Crippen LogP contribution in [0.5, 0.6) is 0 Å². The zero-order valence-electron chi connectivity index (χ0n) is 17.5. The van der Waals surface area contributed by atoms with Crippen molar-refractivity contribution in [3.05, 3.63) is 58.1 Å². The fourth-order valence-corrected chi connectivity index (χ4v) is 6.11. The van der Waals surface area contributed by atoms with E-state index in [1.165, 1.54) is 27.4 Å². The van der Waals surface area contributed by atoms with Gasteiger partial charge in [0.05, 0.1) is 16.8 Å². The maximum Gasteiger partial charge on any atom is 0.243 e. The van der Waals surface area contributed by atoms with Gasteiger partial charge in [0, 0.05) is 36.2 Å². The van der Waals surface area contributed by atoms with Crippen molar-refractivity contribution in [3.63, 3.8) is 0 Å². The summed E-state index contributed by atoms with van der Waals surface area (Å²) < 4.78 is 52.6. The largest absolute Gasteiger partial charge is 0.338 e. The predicted molar refractivity (Wildman–Crippen MR) is 125 cm³/mol. The summed E-state index contributed by atoms with van der Waals surface area (Å²) in [6.07, 6.45) is 0.987. The van der Waals surface area contributed by atoms with Gasteiger partial charge in [-0.25, -0.2) is 16.8 Å². The molecule has 0 saturated carbocycles. The standard InChI is InChI=1S/C20H23Cl2N3O5S2/c1-15-3-5-19(6-4-15)32(29,30)24-9-7-23(8-10-24)20(26)14-25(31(2,27)28)18-12-16(21)11-17(22)13-18/h3-6,11-13H,7-10,14H2,1-2H3. The van der Waals surface area contributed by atoms with Crippen LogP contribution in [-0.4, -0.2) is 70.9 Å². The lowest BCUT2D eigenvalue weighted by Gasteiger charge is -2.35. The molecule has 0 unspecified atom stereocenters. The Hall–Kier alpha value is -1.85. The van der Waals surface area contributed by atoms with Gasteiger partial charge in [-0.05, 0) is 37.3 Å². The van der Waals surface area contributed by atoms with Crippen LogP contribution in [-0.2, 0) is 24.8 Å². The molecule has 1 aliphatic rings. The second-order valence-corrected chi connectivity index (χ2v) is 12.2. The molecule has 0 aliphatic carbocycles. The van der Waals surface area contributed by atoms with Crippen LogP contribution >= 0.6 is 23.2 Å². The van der Waals surface area contributed by atoms with Crippen LogP contribution in [0.3, 0.4) is 0 Å². The Balaban J connectivity index is 1.70. The van der Waals surface area contributed by atoms with E-state index in [4.69, 9.17) is 23.2 Å². The number of hydrogen-bond donors (Lipinski definition) is 0. The first-order chi connectivity index (χ1) is 14.9.